The first-order valence-electron chi connectivity index (χ1n) is 5.77. The Morgan fingerprint density at radius 1 is 1.50 bits per heavy atom. The average Bonchev–Trinajstić information content (AvgIpc) is 2.76. The summed E-state index contributed by atoms with van der Waals surface area (Å²) < 4.78 is 5.25. The zero-order valence-electron chi connectivity index (χ0n) is 10.2. The van der Waals surface area contributed by atoms with Gasteiger partial charge in [0.15, 0.2) is 0 Å². The van der Waals surface area contributed by atoms with Gasteiger partial charge in [-0.05, 0) is 24.6 Å². The number of hydrogen-bond donors (Lipinski definition) is 0. The van der Waals surface area contributed by atoms with Crippen molar-refractivity contribution in [2.75, 3.05) is 13.7 Å². The molecular formula is C13H14N2O3. The van der Waals surface area contributed by atoms with Crippen LogP contribution in [-0.2, 0) is 16.1 Å². The summed E-state index contributed by atoms with van der Waals surface area (Å²) >= 11 is 0. The summed E-state index contributed by atoms with van der Waals surface area (Å²) in [4.78, 5) is 27.2. The maximum Gasteiger partial charge on any atom is 0.240 e. The molecule has 0 atom stereocenters. The van der Waals surface area contributed by atoms with Crippen molar-refractivity contribution in [3.63, 3.8) is 0 Å². The smallest absolute Gasteiger partial charge is 0.240 e. The number of likely N-dealkylation sites (tertiary alicyclic amines) is 1. The lowest BCUT2D eigenvalue weighted by molar-refractivity contribution is -0.128. The Morgan fingerprint density at radius 2 is 2.33 bits per heavy atom. The third kappa shape index (κ3) is 2.57. The van der Waals surface area contributed by atoms with Crippen molar-refractivity contribution in [3.05, 3.63) is 23.8 Å². The molecule has 0 aromatic heterocycles. The summed E-state index contributed by atoms with van der Waals surface area (Å²) in [5.74, 6) is 0.848. The van der Waals surface area contributed by atoms with Crippen LogP contribution in [0.25, 0.3) is 0 Å². The van der Waals surface area contributed by atoms with Crippen LogP contribution in [-0.4, -0.2) is 30.5 Å². The normalized spacial score (nSPS) is 14.5. The van der Waals surface area contributed by atoms with Gasteiger partial charge >= 0.3 is 0 Å². The van der Waals surface area contributed by atoms with E-state index >= 15 is 0 Å². The molecule has 0 radical (unpaired) electrons. The van der Waals surface area contributed by atoms with E-state index in [1.54, 1.807) is 30.2 Å². The standard InChI is InChI=1S/C13H14N2O3/c1-18-12-5-4-11(14-9-16)7-10(12)8-15-6-2-3-13(15)17/h4-5,7H,2-3,6,8H2,1H3. The molecule has 1 aliphatic rings. The predicted octanol–water partition coefficient (Wildman–Crippen LogP) is 1.78. The first kappa shape index (κ1) is 12.3. The molecule has 0 unspecified atom stereocenters. The highest BCUT2D eigenvalue weighted by molar-refractivity contribution is 5.78. The van der Waals surface area contributed by atoms with Gasteiger partial charge < -0.3 is 9.64 Å². The number of methoxy groups -OCH3 is 1. The number of carbonyl (C=O) groups is 1. The van der Waals surface area contributed by atoms with Crippen molar-refractivity contribution in [1.82, 2.24) is 4.90 Å². The van der Waals surface area contributed by atoms with Gasteiger partial charge in [-0.15, -0.1) is 0 Å². The van der Waals surface area contributed by atoms with E-state index < -0.39 is 0 Å². The highest BCUT2D eigenvalue weighted by Gasteiger charge is 2.21. The first-order chi connectivity index (χ1) is 8.74. The molecule has 0 bridgehead atoms. The van der Waals surface area contributed by atoms with Crippen LogP contribution >= 0.6 is 0 Å². The lowest BCUT2D eigenvalue weighted by atomic mass is 10.1. The Balaban J connectivity index is 2.26. The first-order valence-corrected chi connectivity index (χ1v) is 5.77. The summed E-state index contributed by atoms with van der Waals surface area (Å²) in [5.41, 5.74) is 1.37. The minimum absolute atomic E-state index is 0.154. The Kier molecular flexibility index (Phi) is 3.75. The van der Waals surface area contributed by atoms with Crippen molar-refractivity contribution >= 4 is 17.7 Å². The molecule has 2 rings (SSSR count). The van der Waals surface area contributed by atoms with Gasteiger partial charge in [-0.1, -0.05) is 0 Å². The predicted molar refractivity (Wildman–Crippen MR) is 65.4 cm³/mol. The molecule has 5 heteroatoms. The molecule has 1 aliphatic heterocycles. The number of benzene rings is 1. The maximum atomic E-state index is 11.6. The summed E-state index contributed by atoms with van der Waals surface area (Å²) in [6.07, 6.45) is 3.01. The van der Waals surface area contributed by atoms with Crippen LogP contribution < -0.4 is 4.74 Å². The van der Waals surface area contributed by atoms with Gasteiger partial charge in [0, 0.05) is 25.1 Å². The second kappa shape index (κ2) is 5.47. The van der Waals surface area contributed by atoms with E-state index in [9.17, 15) is 9.59 Å². The molecule has 94 valence electrons. The van der Waals surface area contributed by atoms with E-state index in [2.05, 4.69) is 4.99 Å². The van der Waals surface area contributed by atoms with Gasteiger partial charge in [0.2, 0.25) is 12.0 Å². The summed E-state index contributed by atoms with van der Waals surface area (Å²) in [7, 11) is 1.58. The highest BCUT2D eigenvalue weighted by atomic mass is 16.5. The van der Waals surface area contributed by atoms with Crippen LogP contribution in [0.4, 0.5) is 5.69 Å². The van der Waals surface area contributed by atoms with Gasteiger partial charge in [0.1, 0.15) is 5.75 Å². The van der Waals surface area contributed by atoms with Crippen LogP contribution in [0.1, 0.15) is 18.4 Å². The van der Waals surface area contributed by atoms with Crippen LogP contribution in [0.2, 0.25) is 0 Å². The van der Waals surface area contributed by atoms with Crippen molar-refractivity contribution in [1.29, 1.82) is 0 Å². The molecule has 1 fully saturated rings. The lowest BCUT2D eigenvalue weighted by Crippen LogP contribution is -2.24. The van der Waals surface area contributed by atoms with E-state index in [-0.39, 0.29) is 5.91 Å². The third-order valence-electron chi connectivity index (χ3n) is 2.97. The van der Waals surface area contributed by atoms with Crippen molar-refractivity contribution in [2.45, 2.75) is 19.4 Å². The topological polar surface area (TPSA) is 59.0 Å². The van der Waals surface area contributed by atoms with E-state index in [4.69, 9.17) is 4.74 Å². The fraction of sp³-hybridized carbons (Fsp3) is 0.385. The zero-order valence-corrected chi connectivity index (χ0v) is 10.2. The second-order valence-corrected chi connectivity index (χ2v) is 4.12. The minimum Gasteiger partial charge on any atom is -0.496 e. The molecule has 1 aromatic carbocycles. The summed E-state index contributed by atoms with van der Waals surface area (Å²) in [6, 6.07) is 5.17. The Morgan fingerprint density at radius 3 is 2.94 bits per heavy atom. The summed E-state index contributed by atoms with van der Waals surface area (Å²) in [5, 5.41) is 0. The van der Waals surface area contributed by atoms with Crippen molar-refractivity contribution in [3.8, 4) is 5.75 Å². The molecule has 0 aliphatic carbocycles. The highest BCUT2D eigenvalue weighted by Crippen LogP contribution is 2.26. The fourth-order valence-corrected chi connectivity index (χ4v) is 2.09. The van der Waals surface area contributed by atoms with Crippen molar-refractivity contribution in [2.24, 2.45) is 4.99 Å². The molecule has 1 aromatic rings. The van der Waals surface area contributed by atoms with E-state index in [1.165, 1.54) is 6.08 Å². The molecule has 0 N–H and O–H groups in total. The maximum absolute atomic E-state index is 11.6. The van der Waals surface area contributed by atoms with Crippen LogP contribution in [0, 0.1) is 0 Å². The number of nitrogens with zero attached hydrogens (tertiary/aromatic N) is 2. The molecule has 0 spiro atoms. The van der Waals surface area contributed by atoms with Crippen molar-refractivity contribution < 1.29 is 14.3 Å². The lowest BCUT2D eigenvalue weighted by Gasteiger charge is -2.17. The third-order valence-corrected chi connectivity index (χ3v) is 2.97. The van der Waals surface area contributed by atoms with Gasteiger partial charge in [-0.2, -0.15) is 4.99 Å². The molecule has 18 heavy (non-hydrogen) atoms. The van der Waals surface area contributed by atoms with Gasteiger partial charge in [-0.25, -0.2) is 4.79 Å². The quantitative estimate of drug-likeness (QED) is 0.601. The molecule has 1 saturated heterocycles. The molecule has 5 nitrogen and oxygen atoms in total. The minimum atomic E-state index is 0.154. The summed E-state index contributed by atoms with van der Waals surface area (Å²) in [6.45, 7) is 1.26. The zero-order chi connectivity index (χ0) is 13.0. The van der Waals surface area contributed by atoms with Gasteiger partial charge in [0.25, 0.3) is 0 Å². The molecule has 1 amide bonds. The number of hydrogen-bond acceptors (Lipinski definition) is 4. The van der Waals surface area contributed by atoms with Gasteiger partial charge in [-0.3, -0.25) is 4.79 Å². The second-order valence-electron chi connectivity index (χ2n) is 4.12. The monoisotopic (exact) mass is 246 g/mol. The number of isocyanates is 1. The Bertz CT molecular complexity index is 507. The molecule has 1 heterocycles. The van der Waals surface area contributed by atoms with Gasteiger partial charge in [0.05, 0.1) is 12.8 Å². The van der Waals surface area contributed by atoms with E-state index in [1.807, 2.05) is 0 Å². The molecular weight excluding hydrogens is 232 g/mol. The Labute approximate surface area is 105 Å². The number of carbonyl (C=O) groups excluding carboxylic acids is 2. The van der Waals surface area contributed by atoms with E-state index in [0.717, 1.165) is 18.5 Å². The number of ether oxygens (including phenoxy) is 1. The van der Waals surface area contributed by atoms with Crippen LogP contribution in [0.15, 0.2) is 23.2 Å². The SMILES string of the molecule is COc1ccc(N=C=O)cc1CN1CCCC1=O. The van der Waals surface area contributed by atoms with Crippen LogP contribution in [0.3, 0.4) is 0 Å². The fourth-order valence-electron chi connectivity index (χ4n) is 2.09. The average molecular weight is 246 g/mol. The van der Waals surface area contributed by atoms with Crippen LogP contribution in [0.5, 0.6) is 5.75 Å². The Hall–Kier alpha value is -2.13. The van der Waals surface area contributed by atoms with E-state index in [0.29, 0.717) is 24.4 Å². The largest absolute Gasteiger partial charge is 0.496 e. The number of amides is 1. The number of rotatable bonds is 4. The number of aliphatic imine (C=N–C) groups is 1. The molecule has 0 saturated carbocycles.